The number of methoxy groups -OCH3 is 2. The smallest absolute Gasteiger partial charge is 0.269 e. The lowest BCUT2D eigenvalue weighted by molar-refractivity contribution is -0.385. The molecule has 142 valence electrons. The van der Waals surface area contributed by atoms with Gasteiger partial charge in [-0.3, -0.25) is 14.9 Å². The van der Waals surface area contributed by atoms with Crippen LogP contribution in [0, 0.1) is 10.1 Å². The van der Waals surface area contributed by atoms with Gasteiger partial charge >= 0.3 is 0 Å². The molecule has 0 aliphatic rings. The number of hydrogen-bond donors (Lipinski definition) is 1. The van der Waals surface area contributed by atoms with Gasteiger partial charge in [-0.15, -0.1) is 0 Å². The van der Waals surface area contributed by atoms with Crippen LogP contribution in [0.3, 0.4) is 0 Å². The van der Waals surface area contributed by atoms with E-state index in [0.29, 0.717) is 11.5 Å². The van der Waals surface area contributed by atoms with Crippen LogP contribution in [0.1, 0.15) is 28.4 Å². The number of nitrogens with zero attached hydrogens (tertiary/aromatic N) is 1. The zero-order chi connectivity index (χ0) is 20.0. The number of carbonyl (C=O) groups excluding carboxylic acids is 2. The Bertz CT molecular complexity index is 867. The molecule has 2 aromatic carbocycles. The quantitative estimate of drug-likeness (QED) is 0.544. The van der Waals surface area contributed by atoms with Crippen LogP contribution in [0.25, 0.3) is 0 Å². The number of nitro groups is 1. The van der Waals surface area contributed by atoms with E-state index >= 15 is 0 Å². The van der Waals surface area contributed by atoms with Gasteiger partial charge in [-0.2, -0.15) is 0 Å². The maximum absolute atomic E-state index is 12.5. The number of amides is 1. The lowest BCUT2D eigenvalue weighted by atomic mass is 10.0. The van der Waals surface area contributed by atoms with Crippen molar-refractivity contribution < 1.29 is 29.1 Å². The summed E-state index contributed by atoms with van der Waals surface area (Å²) in [5, 5.41) is 24.6. The summed E-state index contributed by atoms with van der Waals surface area (Å²) in [6, 6.07) is 8.86. The summed E-state index contributed by atoms with van der Waals surface area (Å²) in [6.07, 6.45) is -0.541. The Morgan fingerprint density at radius 1 is 1.11 bits per heavy atom. The fourth-order valence-corrected chi connectivity index (χ4v) is 2.49. The number of benzene rings is 2. The maximum atomic E-state index is 12.5. The van der Waals surface area contributed by atoms with Crippen LogP contribution in [0.2, 0.25) is 0 Å². The first-order chi connectivity index (χ1) is 12.8. The van der Waals surface area contributed by atoms with Crippen LogP contribution < -0.4 is 19.9 Å². The van der Waals surface area contributed by atoms with E-state index in [1.807, 2.05) is 0 Å². The predicted molar refractivity (Wildman–Crippen MR) is 92.5 cm³/mol. The third-order valence-corrected chi connectivity index (χ3v) is 3.81. The minimum atomic E-state index is -1.40. The highest BCUT2D eigenvalue weighted by molar-refractivity contribution is 5.95. The Hall–Kier alpha value is -3.62. The van der Waals surface area contributed by atoms with Gasteiger partial charge in [0, 0.05) is 30.1 Å². The summed E-state index contributed by atoms with van der Waals surface area (Å²) in [5.41, 5.74) is 0.278. The minimum Gasteiger partial charge on any atom is -0.550 e. The Balaban J connectivity index is 2.30. The number of nitro benzene ring substituents is 1. The number of aliphatic carboxylic acids is 1. The molecule has 9 nitrogen and oxygen atoms in total. The van der Waals surface area contributed by atoms with Crippen molar-refractivity contribution in [3.8, 4) is 11.5 Å². The number of carboxylic acids is 1. The van der Waals surface area contributed by atoms with Crippen molar-refractivity contribution in [2.24, 2.45) is 0 Å². The van der Waals surface area contributed by atoms with Crippen molar-refractivity contribution in [3.63, 3.8) is 0 Å². The van der Waals surface area contributed by atoms with Gasteiger partial charge < -0.3 is 24.7 Å². The molecule has 0 aliphatic heterocycles. The summed E-state index contributed by atoms with van der Waals surface area (Å²) in [4.78, 5) is 33.9. The lowest BCUT2D eigenvalue weighted by Crippen LogP contribution is -2.34. The third-order valence-electron chi connectivity index (χ3n) is 3.81. The van der Waals surface area contributed by atoms with Crippen LogP contribution in [-0.4, -0.2) is 31.0 Å². The molecule has 0 radical (unpaired) electrons. The number of hydrogen-bond acceptors (Lipinski definition) is 7. The summed E-state index contributed by atoms with van der Waals surface area (Å²) in [7, 11) is 2.87. The molecular formula is C18H17N2O7-. The molecule has 0 unspecified atom stereocenters. The molecule has 0 spiro atoms. The summed E-state index contributed by atoms with van der Waals surface area (Å²) < 4.78 is 10.2. The molecule has 0 fully saturated rings. The molecule has 1 atom stereocenters. The number of carboxylic acid groups (broad SMARTS) is 1. The Labute approximate surface area is 154 Å². The van der Waals surface area contributed by atoms with Gasteiger partial charge in [-0.05, 0) is 23.8 Å². The normalized spacial score (nSPS) is 11.3. The molecule has 0 saturated heterocycles. The van der Waals surface area contributed by atoms with E-state index in [4.69, 9.17) is 9.47 Å². The Kier molecular flexibility index (Phi) is 6.32. The van der Waals surface area contributed by atoms with E-state index in [9.17, 15) is 24.8 Å². The molecule has 0 aliphatic carbocycles. The van der Waals surface area contributed by atoms with Crippen molar-refractivity contribution in [1.29, 1.82) is 0 Å². The average molecular weight is 373 g/mol. The molecule has 2 aromatic rings. The van der Waals surface area contributed by atoms with Crippen LogP contribution in [0.5, 0.6) is 11.5 Å². The van der Waals surface area contributed by atoms with Crippen molar-refractivity contribution >= 4 is 17.6 Å². The zero-order valence-corrected chi connectivity index (χ0v) is 14.6. The Morgan fingerprint density at radius 2 is 1.81 bits per heavy atom. The van der Waals surface area contributed by atoms with Crippen LogP contribution in [-0.2, 0) is 4.79 Å². The van der Waals surface area contributed by atoms with Crippen molar-refractivity contribution in [1.82, 2.24) is 5.32 Å². The van der Waals surface area contributed by atoms with Crippen LogP contribution in [0.4, 0.5) is 5.69 Å². The van der Waals surface area contributed by atoms with Crippen molar-refractivity contribution in [2.45, 2.75) is 12.5 Å². The average Bonchev–Trinajstić information content (AvgIpc) is 2.66. The Morgan fingerprint density at radius 3 is 2.41 bits per heavy atom. The van der Waals surface area contributed by atoms with E-state index in [-0.39, 0.29) is 16.8 Å². The van der Waals surface area contributed by atoms with Crippen LogP contribution in [0.15, 0.2) is 42.5 Å². The zero-order valence-electron chi connectivity index (χ0n) is 14.6. The van der Waals surface area contributed by atoms with Crippen LogP contribution >= 0.6 is 0 Å². The largest absolute Gasteiger partial charge is 0.550 e. The standard InChI is InChI=1S/C18H18N2O7/c1-26-15-7-6-12(9-16(15)27-2)18(23)19-14(10-17(21)22)11-4-3-5-13(8-11)20(24)25/h3-9,14H,10H2,1-2H3,(H,19,23)(H,21,22)/p-1/t14-/m0/s1. The number of ether oxygens (including phenoxy) is 2. The summed E-state index contributed by atoms with van der Waals surface area (Å²) >= 11 is 0. The highest BCUT2D eigenvalue weighted by Crippen LogP contribution is 2.28. The van der Waals surface area contributed by atoms with E-state index in [0.717, 1.165) is 0 Å². The molecule has 2 rings (SSSR count). The van der Waals surface area contributed by atoms with Gasteiger partial charge in [-0.25, -0.2) is 0 Å². The molecule has 0 aromatic heterocycles. The SMILES string of the molecule is COc1ccc(C(=O)N[C@@H](CC(=O)[O-])c2cccc([N+](=O)[O-])c2)cc1OC. The molecule has 27 heavy (non-hydrogen) atoms. The monoisotopic (exact) mass is 373 g/mol. The molecule has 9 heteroatoms. The van der Waals surface area contributed by atoms with Crippen molar-refractivity contribution in [3.05, 3.63) is 63.7 Å². The van der Waals surface area contributed by atoms with Gasteiger partial charge in [0.25, 0.3) is 11.6 Å². The highest BCUT2D eigenvalue weighted by Gasteiger charge is 2.19. The summed E-state index contributed by atoms with van der Waals surface area (Å²) in [5.74, 6) is -1.22. The molecule has 1 amide bonds. The number of carbonyl (C=O) groups is 2. The fourth-order valence-electron chi connectivity index (χ4n) is 2.49. The van der Waals surface area contributed by atoms with Gasteiger partial charge in [0.2, 0.25) is 0 Å². The summed E-state index contributed by atoms with van der Waals surface area (Å²) in [6.45, 7) is 0. The number of nitrogens with one attached hydrogen (secondary N) is 1. The van der Waals surface area contributed by atoms with Gasteiger partial charge in [0.1, 0.15) is 0 Å². The van der Waals surface area contributed by atoms with Gasteiger partial charge in [0.05, 0.1) is 25.2 Å². The van der Waals surface area contributed by atoms with Crippen molar-refractivity contribution in [2.75, 3.05) is 14.2 Å². The number of rotatable bonds is 8. The minimum absolute atomic E-state index is 0.210. The maximum Gasteiger partial charge on any atom is 0.269 e. The van der Waals surface area contributed by atoms with Gasteiger partial charge in [-0.1, -0.05) is 12.1 Å². The van der Waals surface area contributed by atoms with E-state index in [1.165, 1.54) is 56.7 Å². The molecule has 0 heterocycles. The van der Waals surface area contributed by atoms with E-state index < -0.39 is 29.3 Å². The fraction of sp³-hybridized carbons (Fsp3) is 0.222. The lowest BCUT2D eigenvalue weighted by Gasteiger charge is -2.20. The molecule has 1 N–H and O–H groups in total. The molecule has 0 bridgehead atoms. The molecular weight excluding hydrogens is 356 g/mol. The topological polar surface area (TPSA) is 131 Å². The van der Waals surface area contributed by atoms with E-state index in [2.05, 4.69) is 5.32 Å². The second kappa shape index (κ2) is 8.65. The predicted octanol–water partition coefficient (Wildman–Crippen LogP) is 1.22. The first-order valence-corrected chi connectivity index (χ1v) is 7.82. The number of non-ortho nitro benzene ring substituents is 1. The third kappa shape index (κ3) is 4.94. The molecule has 0 saturated carbocycles. The highest BCUT2D eigenvalue weighted by atomic mass is 16.6. The second-order valence-electron chi connectivity index (χ2n) is 5.52. The first-order valence-electron chi connectivity index (χ1n) is 7.82. The van der Waals surface area contributed by atoms with E-state index in [1.54, 1.807) is 0 Å². The first kappa shape index (κ1) is 19.7. The van der Waals surface area contributed by atoms with Gasteiger partial charge in [0.15, 0.2) is 11.5 Å². The second-order valence-corrected chi connectivity index (χ2v) is 5.52.